The van der Waals surface area contributed by atoms with Crippen molar-refractivity contribution in [2.75, 3.05) is 0 Å². The maximum absolute atomic E-state index is 5.77. The molecule has 0 saturated heterocycles. The van der Waals surface area contributed by atoms with E-state index in [4.69, 9.17) is 23.2 Å². The highest BCUT2D eigenvalue weighted by Gasteiger charge is 1.94. The maximum Gasteiger partial charge on any atom is 0.0474 e. The number of rotatable bonds is 1. The Bertz CT molecular complexity index is 215. The summed E-state index contributed by atoms with van der Waals surface area (Å²) in [5.74, 6) is 0.524. The molecule has 10 heavy (non-hydrogen) atoms. The predicted molar refractivity (Wildman–Crippen MR) is 53.7 cm³/mol. The van der Waals surface area contributed by atoms with Gasteiger partial charge in [0.25, 0.3) is 0 Å². The lowest BCUT2D eigenvalue weighted by Crippen LogP contribution is -1.79. The van der Waals surface area contributed by atoms with Crippen LogP contribution < -0.4 is 0 Å². The van der Waals surface area contributed by atoms with Gasteiger partial charge in [-0.2, -0.15) is 0 Å². The molecule has 0 bridgehead atoms. The van der Waals surface area contributed by atoms with Crippen molar-refractivity contribution in [2.24, 2.45) is 0 Å². The number of hydrogen-bond acceptors (Lipinski definition) is 0. The van der Waals surface area contributed by atoms with Crippen molar-refractivity contribution in [3.8, 4) is 0 Å². The molecule has 0 aliphatic carbocycles. The van der Waals surface area contributed by atoms with E-state index in [0.29, 0.717) is 5.88 Å². The van der Waals surface area contributed by atoms with E-state index in [9.17, 15) is 0 Å². The Morgan fingerprint density at radius 2 is 2.00 bits per heavy atom. The van der Waals surface area contributed by atoms with Crippen molar-refractivity contribution < 1.29 is 0 Å². The average molecular weight is 287 g/mol. The van der Waals surface area contributed by atoms with Crippen LogP contribution in [0.4, 0.5) is 0 Å². The lowest BCUT2D eigenvalue weighted by molar-refractivity contribution is 1.39. The summed E-state index contributed by atoms with van der Waals surface area (Å²) >= 11 is 13.6. The SMILES string of the molecule is ClCc1cc(Cl)cc(I)c1. The molecule has 54 valence electrons. The van der Waals surface area contributed by atoms with Crippen molar-refractivity contribution in [1.82, 2.24) is 0 Å². The van der Waals surface area contributed by atoms with Crippen molar-refractivity contribution in [3.05, 3.63) is 32.4 Å². The molecule has 3 heteroatoms. The maximum atomic E-state index is 5.77. The van der Waals surface area contributed by atoms with Gasteiger partial charge in [-0.05, 0) is 46.4 Å². The minimum Gasteiger partial charge on any atom is -0.122 e. The first-order valence-corrected chi connectivity index (χ1v) is 4.72. The number of alkyl halides is 1. The standard InChI is InChI=1S/C7H5Cl2I/c8-4-5-1-6(9)3-7(10)2-5/h1-3H,4H2. The second kappa shape index (κ2) is 3.79. The molecule has 0 radical (unpaired) electrons. The molecule has 0 aliphatic heterocycles. The van der Waals surface area contributed by atoms with Gasteiger partial charge in [0.1, 0.15) is 0 Å². The first-order valence-electron chi connectivity index (χ1n) is 2.73. The Kier molecular flexibility index (Phi) is 3.27. The Balaban J connectivity index is 3.06. The second-order valence-corrected chi connectivity index (χ2v) is 3.86. The molecule has 0 nitrogen and oxygen atoms in total. The third-order valence-electron chi connectivity index (χ3n) is 1.08. The fraction of sp³-hybridized carbons (Fsp3) is 0.143. The lowest BCUT2D eigenvalue weighted by atomic mass is 10.2. The highest BCUT2D eigenvalue weighted by atomic mass is 127. The monoisotopic (exact) mass is 286 g/mol. The number of hydrogen-bond donors (Lipinski definition) is 0. The first-order chi connectivity index (χ1) is 4.72. The molecule has 0 amide bonds. The second-order valence-electron chi connectivity index (χ2n) is 1.91. The van der Waals surface area contributed by atoms with Crippen molar-refractivity contribution in [3.63, 3.8) is 0 Å². The van der Waals surface area contributed by atoms with Crippen LogP contribution >= 0.6 is 45.8 Å². The minimum atomic E-state index is 0.524. The van der Waals surface area contributed by atoms with E-state index in [2.05, 4.69) is 22.6 Å². The first kappa shape index (κ1) is 8.62. The molecule has 1 rings (SSSR count). The molecular weight excluding hydrogens is 282 g/mol. The molecular formula is C7H5Cl2I. The number of benzene rings is 1. The zero-order valence-corrected chi connectivity index (χ0v) is 8.74. The summed E-state index contributed by atoms with van der Waals surface area (Å²) in [5, 5.41) is 0.752. The molecule has 0 aliphatic rings. The minimum absolute atomic E-state index is 0.524. The molecule has 0 saturated carbocycles. The summed E-state index contributed by atoms with van der Waals surface area (Å²) < 4.78 is 1.13. The van der Waals surface area contributed by atoms with Gasteiger partial charge >= 0.3 is 0 Å². The van der Waals surface area contributed by atoms with Gasteiger partial charge in [-0.1, -0.05) is 11.6 Å². The van der Waals surface area contributed by atoms with Crippen LogP contribution in [0.3, 0.4) is 0 Å². The van der Waals surface area contributed by atoms with Crippen LogP contribution in [0.2, 0.25) is 5.02 Å². The smallest absolute Gasteiger partial charge is 0.0474 e. The summed E-state index contributed by atoms with van der Waals surface area (Å²) in [6.07, 6.45) is 0. The molecule has 0 aromatic heterocycles. The highest BCUT2D eigenvalue weighted by molar-refractivity contribution is 14.1. The summed E-state index contributed by atoms with van der Waals surface area (Å²) in [5.41, 5.74) is 1.07. The van der Waals surface area contributed by atoms with Gasteiger partial charge < -0.3 is 0 Å². The topological polar surface area (TPSA) is 0 Å². The van der Waals surface area contributed by atoms with E-state index in [0.717, 1.165) is 14.2 Å². The van der Waals surface area contributed by atoms with Gasteiger partial charge in [-0.25, -0.2) is 0 Å². The fourth-order valence-corrected chi connectivity index (χ4v) is 2.02. The summed E-state index contributed by atoms with van der Waals surface area (Å²) in [6, 6.07) is 5.79. The van der Waals surface area contributed by atoms with Crippen molar-refractivity contribution >= 4 is 45.8 Å². The van der Waals surface area contributed by atoms with Gasteiger partial charge in [0, 0.05) is 14.5 Å². The largest absolute Gasteiger partial charge is 0.122 e. The van der Waals surface area contributed by atoms with Gasteiger partial charge in [0.2, 0.25) is 0 Å². The van der Waals surface area contributed by atoms with Crippen LogP contribution in [0.15, 0.2) is 18.2 Å². The lowest BCUT2D eigenvalue weighted by Gasteiger charge is -1.96. The van der Waals surface area contributed by atoms with E-state index >= 15 is 0 Å². The van der Waals surface area contributed by atoms with E-state index < -0.39 is 0 Å². The van der Waals surface area contributed by atoms with E-state index in [1.54, 1.807) is 0 Å². The van der Waals surface area contributed by atoms with Crippen LogP contribution in [0, 0.1) is 3.57 Å². The Hall–Kier alpha value is 0.530. The molecule has 0 atom stereocenters. The Morgan fingerprint density at radius 3 is 2.50 bits per heavy atom. The molecule has 0 heterocycles. The van der Waals surface area contributed by atoms with Crippen molar-refractivity contribution in [2.45, 2.75) is 5.88 Å². The van der Waals surface area contributed by atoms with Crippen LogP contribution in [-0.2, 0) is 5.88 Å². The number of halogens is 3. The Labute approximate surface area is 83.7 Å². The average Bonchev–Trinajstić information content (AvgIpc) is 1.85. The third kappa shape index (κ3) is 2.29. The van der Waals surface area contributed by atoms with Crippen molar-refractivity contribution in [1.29, 1.82) is 0 Å². The summed E-state index contributed by atoms with van der Waals surface area (Å²) in [4.78, 5) is 0. The zero-order chi connectivity index (χ0) is 7.56. The molecule has 0 N–H and O–H groups in total. The van der Waals surface area contributed by atoms with Gasteiger partial charge in [-0.3, -0.25) is 0 Å². The van der Waals surface area contributed by atoms with E-state index in [1.807, 2.05) is 18.2 Å². The molecule has 0 spiro atoms. The summed E-state index contributed by atoms with van der Waals surface area (Å²) in [7, 11) is 0. The van der Waals surface area contributed by atoms with Gasteiger partial charge in [0.15, 0.2) is 0 Å². The van der Waals surface area contributed by atoms with Crippen LogP contribution in [-0.4, -0.2) is 0 Å². The quantitative estimate of drug-likeness (QED) is 0.546. The van der Waals surface area contributed by atoms with Gasteiger partial charge in [-0.15, -0.1) is 11.6 Å². The highest BCUT2D eigenvalue weighted by Crippen LogP contribution is 2.17. The summed E-state index contributed by atoms with van der Waals surface area (Å²) in [6.45, 7) is 0. The molecule has 0 unspecified atom stereocenters. The van der Waals surface area contributed by atoms with E-state index in [-0.39, 0.29) is 0 Å². The molecule has 0 fully saturated rings. The van der Waals surface area contributed by atoms with Crippen LogP contribution in [0.5, 0.6) is 0 Å². The third-order valence-corrected chi connectivity index (χ3v) is 2.23. The fourth-order valence-electron chi connectivity index (χ4n) is 0.688. The van der Waals surface area contributed by atoms with Crippen LogP contribution in [0.25, 0.3) is 0 Å². The Morgan fingerprint density at radius 1 is 1.30 bits per heavy atom. The van der Waals surface area contributed by atoms with Crippen LogP contribution in [0.1, 0.15) is 5.56 Å². The normalized spacial score (nSPS) is 9.90. The predicted octanol–water partition coefficient (Wildman–Crippen LogP) is 3.68. The molecule has 1 aromatic carbocycles. The molecule has 1 aromatic rings. The van der Waals surface area contributed by atoms with Gasteiger partial charge in [0.05, 0.1) is 0 Å². The van der Waals surface area contributed by atoms with E-state index in [1.165, 1.54) is 0 Å². The zero-order valence-electron chi connectivity index (χ0n) is 5.07.